The van der Waals surface area contributed by atoms with E-state index in [4.69, 9.17) is 5.26 Å². The quantitative estimate of drug-likeness (QED) is 0.366. The van der Waals surface area contributed by atoms with E-state index < -0.39 is 11.1 Å². The van der Waals surface area contributed by atoms with Crippen LogP contribution in [0.1, 0.15) is 0 Å². The molecule has 0 bridgehead atoms. The third-order valence-corrected chi connectivity index (χ3v) is 0.639. The highest BCUT2D eigenvalue weighted by Crippen LogP contribution is 1.55. The lowest BCUT2D eigenvalue weighted by molar-refractivity contribution is 1.19. The maximum Gasteiger partial charge on any atom is 0.334 e. The van der Waals surface area contributed by atoms with Crippen LogP contribution >= 0.6 is 0 Å². The van der Waals surface area contributed by atoms with Crippen molar-refractivity contribution in [2.75, 3.05) is 0 Å². The van der Waals surface area contributed by atoms with Crippen molar-refractivity contribution in [2.24, 2.45) is 0 Å². The predicted octanol–water partition coefficient (Wildman–Crippen LogP) is -1.59. The van der Waals surface area contributed by atoms with Crippen LogP contribution in [0.2, 0.25) is 0 Å². The Hall–Kier alpha value is -1.37. The van der Waals surface area contributed by atoms with Crippen molar-refractivity contribution < 1.29 is 0 Å². The standard InChI is InChI=1S/C3N2O2/c4-1-5-2(6)3(5)7. The molecule has 0 fully saturated rings. The maximum atomic E-state index is 9.80. The molecular weight excluding hydrogens is 96.0 g/mol. The molecule has 7 heavy (non-hydrogen) atoms. The average Bonchev–Trinajstić information content (AvgIpc) is 2.17. The van der Waals surface area contributed by atoms with Crippen LogP contribution in [0.25, 0.3) is 0 Å². The summed E-state index contributed by atoms with van der Waals surface area (Å²) in [4.78, 5) is 19.6. The first kappa shape index (κ1) is 3.81. The lowest BCUT2D eigenvalue weighted by Gasteiger charge is -1.47. The number of nitrogens with zero attached hydrogens (tertiary/aromatic N) is 2. The van der Waals surface area contributed by atoms with Gasteiger partial charge in [-0.25, -0.2) is 0 Å². The van der Waals surface area contributed by atoms with E-state index in [1.165, 1.54) is 6.19 Å². The summed E-state index contributed by atoms with van der Waals surface area (Å²) < 4.78 is 0.486. The van der Waals surface area contributed by atoms with Crippen LogP contribution in [0.5, 0.6) is 0 Å². The summed E-state index contributed by atoms with van der Waals surface area (Å²) >= 11 is 0. The molecule has 0 aliphatic heterocycles. The highest BCUT2D eigenvalue weighted by Gasteiger charge is 2.13. The monoisotopic (exact) mass is 96.0 g/mol. The third kappa shape index (κ3) is 0.283. The number of aromatic nitrogens is 1. The SMILES string of the molecule is N#Cn1c(=O)c1=O. The molecule has 0 N–H and O–H groups in total. The van der Waals surface area contributed by atoms with Crippen molar-refractivity contribution >= 4 is 0 Å². The minimum absolute atomic E-state index is 0.486. The molecule has 1 rings (SSSR count). The zero-order valence-electron chi connectivity index (χ0n) is 3.21. The maximum absolute atomic E-state index is 9.80. The number of hydrogen-bond acceptors (Lipinski definition) is 3. The minimum Gasteiger partial charge on any atom is -0.262 e. The van der Waals surface area contributed by atoms with Crippen molar-refractivity contribution in [3.8, 4) is 6.19 Å². The van der Waals surface area contributed by atoms with E-state index in [-0.39, 0.29) is 0 Å². The van der Waals surface area contributed by atoms with Crippen molar-refractivity contribution in [2.45, 2.75) is 0 Å². The van der Waals surface area contributed by atoms with Gasteiger partial charge in [0.15, 0.2) is 6.19 Å². The third-order valence-electron chi connectivity index (χ3n) is 0.639. The molecule has 4 heteroatoms. The molecule has 0 aliphatic carbocycles. The summed E-state index contributed by atoms with van der Waals surface area (Å²) in [7, 11) is 0. The second-order valence-corrected chi connectivity index (χ2v) is 1.05. The van der Waals surface area contributed by atoms with E-state index in [9.17, 15) is 9.59 Å². The first-order valence-corrected chi connectivity index (χ1v) is 1.55. The van der Waals surface area contributed by atoms with Crippen LogP contribution in [0.4, 0.5) is 0 Å². The molecule has 1 aromatic heterocycles. The number of nitriles is 1. The van der Waals surface area contributed by atoms with Gasteiger partial charge >= 0.3 is 11.1 Å². The molecule has 0 saturated heterocycles. The Labute approximate surface area is 37.9 Å². The van der Waals surface area contributed by atoms with E-state index in [0.717, 1.165) is 0 Å². The second kappa shape index (κ2) is 0.819. The van der Waals surface area contributed by atoms with Gasteiger partial charge in [-0.1, -0.05) is 0 Å². The van der Waals surface area contributed by atoms with Crippen molar-refractivity contribution in [1.82, 2.24) is 4.57 Å². The van der Waals surface area contributed by atoms with Gasteiger partial charge in [-0.3, -0.25) is 9.59 Å². The molecular formula is C3N2O2. The van der Waals surface area contributed by atoms with Gasteiger partial charge in [0.2, 0.25) is 0 Å². The van der Waals surface area contributed by atoms with Crippen LogP contribution in [0.15, 0.2) is 9.59 Å². The summed E-state index contributed by atoms with van der Waals surface area (Å²) in [5.41, 5.74) is -1.41. The molecule has 34 valence electrons. The number of rotatable bonds is 0. The molecule has 1 aromatic rings. The highest BCUT2D eigenvalue weighted by molar-refractivity contribution is 4.98. The molecule has 0 amide bonds. The van der Waals surface area contributed by atoms with E-state index in [2.05, 4.69) is 0 Å². The lowest BCUT2D eigenvalue weighted by Crippen LogP contribution is -1.88. The van der Waals surface area contributed by atoms with Crippen LogP contribution in [-0.4, -0.2) is 4.57 Å². The first-order chi connectivity index (χ1) is 3.27. The zero-order valence-corrected chi connectivity index (χ0v) is 3.21. The van der Waals surface area contributed by atoms with E-state index in [1.54, 1.807) is 0 Å². The molecule has 0 atom stereocenters. The molecule has 0 aliphatic rings. The Kier molecular flexibility index (Phi) is 0.446. The number of hydrogen-bond donors (Lipinski definition) is 0. The molecule has 0 unspecified atom stereocenters. The van der Waals surface area contributed by atoms with Gasteiger partial charge in [0.1, 0.15) is 0 Å². The summed E-state index contributed by atoms with van der Waals surface area (Å²) in [6, 6.07) is 0. The summed E-state index contributed by atoms with van der Waals surface area (Å²) in [6.45, 7) is 0. The molecule has 1 heterocycles. The van der Waals surface area contributed by atoms with E-state index in [1.807, 2.05) is 0 Å². The Morgan fingerprint density at radius 2 is 1.86 bits per heavy atom. The van der Waals surface area contributed by atoms with Crippen molar-refractivity contribution in [3.63, 3.8) is 0 Å². The molecule has 0 spiro atoms. The Bertz CT molecular complexity index is 258. The largest absolute Gasteiger partial charge is 0.334 e. The summed E-state index contributed by atoms with van der Waals surface area (Å²) in [6.07, 6.45) is 1.37. The predicted molar refractivity (Wildman–Crippen MR) is 20.4 cm³/mol. The Morgan fingerprint density at radius 1 is 1.43 bits per heavy atom. The lowest BCUT2D eigenvalue weighted by atomic mass is 11.1. The van der Waals surface area contributed by atoms with E-state index >= 15 is 0 Å². The molecule has 0 radical (unpaired) electrons. The fourth-order valence-corrected chi connectivity index (χ4v) is 0.226. The van der Waals surface area contributed by atoms with Gasteiger partial charge in [0, 0.05) is 0 Å². The zero-order chi connectivity index (χ0) is 5.44. The van der Waals surface area contributed by atoms with Crippen molar-refractivity contribution in [1.29, 1.82) is 5.26 Å². The minimum atomic E-state index is -0.706. The topological polar surface area (TPSA) is 62.9 Å². The van der Waals surface area contributed by atoms with Gasteiger partial charge in [-0.05, 0) is 0 Å². The smallest absolute Gasteiger partial charge is 0.262 e. The fourth-order valence-electron chi connectivity index (χ4n) is 0.226. The summed E-state index contributed by atoms with van der Waals surface area (Å²) in [5.74, 6) is 0. The second-order valence-electron chi connectivity index (χ2n) is 1.05. The van der Waals surface area contributed by atoms with Crippen LogP contribution in [0.3, 0.4) is 0 Å². The fraction of sp³-hybridized carbons (Fsp3) is 0. The van der Waals surface area contributed by atoms with Crippen LogP contribution in [-0.2, 0) is 0 Å². The van der Waals surface area contributed by atoms with E-state index in [0.29, 0.717) is 4.57 Å². The van der Waals surface area contributed by atoms with Gasteiger partial charge < -0.3 is 0 Å². The Balaban J connectivity index is 3.36. The van der Waals surface area contributed by atoms with Gasteiger partial charge in [-0.2, -0.15) is 9.83 Å². The summed E-state index contributed by atoms with van der Waals surface area (Å²) in [5, 5.41) is 7.78. The molecule has 0 saturated carbocycles. The first-order valence-electron chi connectivity index (χ1n) is 1.55. The van der Waals surface area contributed by atoms with Gasteiger partial charge in [0.25, 0.3) is 0 Å². The average molecular weight is 96.0 g/mol. The van der Waals surface area contributed by atoms with Gasteiger partial charge in [0.05, 0.1) is 0 Å². The molecule has 4 nitrogen and oxygen atoms in total. The van der Waals surface area contributed by atoms with Gasteiger partial charge in [-0.15, -0.1) is 0 Å². The Morgan fingerprint density at radius 3 is 1.86 bits per heavy atom. The van der Waals surface area contributed by atoms with Crippen LogP contribution in [0, 0.1) is 11.5 Å². The normalized spacial score (nSPS) is 9.00. The molecule has 0 aromatic carbocycles. The van der Waals surface area contributed by atoms with Crippen molar-refractivity contribution in [3.05, 3.63) is 20.7 Å². The highest BCUT2D eigenvalue weighted by atomic mass is 16.2. The van der Waals surface area contributed by atoms with Crippen LogP contribution < -0.4 is 11.1 Å².